The minimum absolute atomic E-state index is 0.792. The van der Waals surface area contributed by atoms with Gasteiger partial charge in [0.1, 0.15) is 18.0 Å². The number of rotatable bonds is 5. The number of hydrogen-bond donors (Lipinski definition) is 1. The van der Waals surface area contributed by atoms with Crippen molar-refractivity contribution in [2.24, 2.45) is 0 Å². The van der Waals surface area contributed by atoms with E-state index >= 15 is 0 Å². The summed E-state index contributed by atoms with van der Waals surface area (Å²) in [5.41, 5.74) is 4.84. The molecule has 26 heavy (non-hydrogen) atoms. The molecule has 5 nitrogen and oxygen atoms in total. The van der Waals surface area contributed by atoms with Gasteiger partial charge < -0.3 is 10.2 Å². The Labute approximate surface area is 154 Å². The molecule has 0 amide bonds. The van der Waals surface area contributed by atoms with E-state index in [-0.39, 0.29) is 0 Å². The first-order chi connectivity index (χ1) is 12.8. The van der Waals surface area contributed by atoms with Crippen molar-refractivity contribution in [2.75, 3.05) is 23.3 Å². The zero-order chi connectivity index (χ0) is 17.8. The molecule has 1 N–H and O–H groups in total. The SMILES string of the molecule is Cc1ccc(N2CCc3ncnc(NCCc4ccccc4)c3C2)nc1. The summed E-state index contributed by atoms with van der Waals surface area (Å²) >= 11 is 0. The molecule has 1 aliphatic rings. The molecule has 1 aliphatic heterocycles. The van der Waals surface area contributed by atoms with Crippen molar-refractivity contribution < 1.29 is 0 Å². The van der Waals surface area contributed by atoms with Crippen LogP contribution in [0.1, 0.15) is 22.4 Å². The predicted molar refractivity (Wildman–Crippen MR) is 104 cm³/mol. The second-order valence-corrected chi connectivity index (χ2v) is 6.68. The quantitative estimate of drug-likeness (QED) is 0.768. The Hall–Kier alpha value is -2.95. The van der Waals surface area contributed by atoms with Crippen LogP contribution >= 0.6 is 0 Å². The van der Waals surface area contributed by atoms with E-state index in [2.05, 4.69) is 68.5 Å². The number of hydrogen-bond acceptors (Lipinski definition) is 5. The molecule has 0 atom stereocenters. The van der Waals surface area contributed by atoms with Gasteiger partial charge in [-0.15, -0.1) is 0 Å². The van der Waals surface area contributed by atoms with Gasteiger partial charge in [-0.2, -0.15) is 0 Å². The lowest BCUT2D eigenvalue weighted by molar-refractivity contribution is 0.697. The largest absolute Gasteiger partial charge is 0.369 e. The summed E-state index contributed by atoms with van der Waals surface area (Å²) in [6.45, 7) is 4.64. The number of nitrogens with one attached hydrogen (secondary N) is 1. The Kier molecular flexibility index (Phi) is 4.78. The fourth-order valence-electron chi connectivity index (χ4n) is 3.31. The van der Waals surface area contributed by atoms with Gasteiger partial charge in [0.25, 0.3) is 0 Å². The first-order valence-electron chi connectivity index (χ1n) is 9.08. The van der Waals surface area contributed by atoms with Crippen molar-refractivity contribution >= 4 is 11.6 Å². The number of aryl methyl sites for hydroxylation is 1. The third-order valence-electron chi connectivity index (χ3n) is 4.77. The minimum atomic E-state index is 0.792. The highest BCUT2D eigenvalue weighted by atomic mass is 15.2. The predicted octanol–water partition coefficient (Wildman–Crippen LogP) is 3.40. The molecule has 5 heteroatoms. The van der Waals surface area contributed by atoms with Crippen molar-refractivity contribution in [3.05, 3.63) is 77.4 Å². The van der Waals surface area contributed by atoms with Crippen LogP contribution in [0.15, 0.2) is 55.0 Å². The van der Waals surface area contributed by atoms with E-state index < -0.39 is 0 Å². The standard InChI is InChI=1S/C21H23N5/c1-16-7-8-20(23-13-16)26-12-10-19-18(14-26)21(25-15-24-19)22-11-9-17-5-3-2-4-6-17/h2-8,13,15H,9-12,14H2,1H3,(H,22,24,25). The van der Waals surface area contributed by atoms with E-state index in [1.54, 1.807) is 6.33 Å². The summed E-state index contributed by atoms with van der Waals surface area (Å²) in [4.78, 5) is 15.9. The summed E-state index contributed by atoms with van der Waals surface area (Å²) in [6, 6.07) is 14.7. The highest BCUT2D eigenvalue weighted by Gasteiger charge is 2.21. The van der Waals surface area contributed by atoms with E-state index in [0.717, 1.165) is 49.8 Å². The summed E-state index contributed by atoms with van der Waals surface area (Å²) < 4.78 is 0. The van der Waals surface area contributed by atoms with Crippen molar-refractivity contribution in [2.45, 2.75) is 26.3 Å². The second kappa shape index (κ2) is 7.52. The van der Waals surface area contributed by atoms with E-state index in [1.165, 1.54) is 16.7 Å². The maximum atomic E-state index is 4.57. The van der Waals surface area contributed by atoms with Crippen LogP contribution in [0.2, 0.25) is 0 Å². The average Bonchev–Trinajstić information content (AvgIpc) is 2.69. The van der Waals surface area contributed by atoms with Gasteiger partial charge >= 0.3 is 0 Å². The van der Waals surface area contributed by atoms with Crippen molar-refractivity contribution in [1.82, 2.24) is 15.0 Å². The van der Waals surface area contributed by atoms with Crippen LogP contribution in [-0.2, 0) is 19.4 Å². The van der Waals surface area contributed by atoms with Gasteiger partial charge in [0.2, 0.25) is 0 Å². The fourth-order valence-corrected chi connectivity index (χ4v) is 3.31. The minimum Gasteiger partial charge on any atom is -0.369 e. The van der Waals surface area contributed by atoms with Crippen LogP contribution in [0, 0.1) is 6.92 Å². The summed E-state index contributed by atoms with van der Waals surface area (Å²) in [5, 5.41) is 3.50. The Morgan fingerprint density at radius 1 is 1.04 bits per heavy atom. The Morgan fingerprint density at radius 2 is 1.92 bits per heavy atom. The van der Waals surface area contributed by atoms with E-state index in [9.17, 15) is 0 Å². The van der Waals surface area contributed by atoms with Gasteiger partial charge in [-0.25, -0.2) is 15.0 Å². The van der Waals surface area contributed by atoms with Gasteiger partial charge in [0.05, 0.1) is 5.69 Å². The smallest absolute Gasteiger partial charge is 0.134 e. The van der Waals surface area contributed by atoms with Crippen molar-refractivity contribution in [3.63, 3.8) is 0 Å². The van der Waals surface area contributed by atoms with Gasteiger partial charge in [-0.1, -0.05) is 36.4 Å². The molecule has 1 aromatic carbocycles. The van der Waals surface area contributed by atoms with Crippen LogP contribution in [-0.4, -0.2) is 28.0 Å². The number of benzene rings is 1. The molecular formula is C21H23N5. The van der Waals surface area contributed by atoms with Crippen LogP contribution in [0.25, 0.3) is 0 Å². The Morgan fingerprint density at radius 3 is 2.73 bits per heavy atom. The molecule has 0 radical (unpaired) electrons. The number of pyridine rings is 1. The molecule has 0 saturated carbocycles. The van der Waals surface area contributed by atoms with Crippen LogP contribution < -0.4 is 10.2 Å². The van der Waals surface area contributed by atoms with Crippen molar-refractivity contribution in [1.29, 1.82) is 0 Å². The maximum absolute atomic E-state index is 4.57. The number of anilines is 2. The van der Waals surface area contributed by atoms with E-state index in [1.807, 2.05) is 12.3 Å². The molecule has 2 aromatic heterocycles. The Balaban J connectivity index is 1.47. The van der Waals surface area contributed by atoms with Crippen LogP contribution in [0.5, 0.6) is 0 Å². The normalized spacial score (nSPS) is 13.3. The second-order valence-electron chi connectivity index (χ2n) is 6.68. The van der Waals surface area contributed by atoms with E-state index in [0.29, 0.717) is 0 Å². The topological polar surface area (TPSA) is 53.9 Å². The maximum Gasteiger partial charge on any atom is 0.134 e. The molecule has 4 rings (SSSR count). The summed E-state index contributed by atoms with van der Waals surface area (Å²) in [6.07, 6.45) is 5.48. The molecule has 3 heterocycles. The Bertz CT molecular complexity index is 861. The van der Waals surface area contributed by atoms with Gasteiger partial charge in [0.15, 0.2) is 0 Å². The molecule has 0 unspecified atom stereocenters. The molecule has 132 valence electrons. The first kappa shape index (κ1) is 16.5. The zero-order valence-electron chi connectivity index (χ0n) is 15.0. The van der Waals surface area contributed by atoms with E-state index in [4.69, 9.17) is 0 Å². The molecule has 3 aromatic rings. The number of nitrogens with zero attached hydrogens (tertiary/aromatic N) is 4. The van der Waals surface area contributed by atoms with Gasteiger partial charge in [0, 0.05) is 37.8 Å². The molecule has 0 spiro atoms. The third kappa shape index (κ3) is 3.67. The van der Waals surface area contributed by atoms with Crippen LogP contribution in [0.3, 0.4) is 0 Å². The fraction of sp³-hybridized carbons (Fsp3) is 0.286. The average molecular weight is 345 g/mol. The summed E-state index contributed by atoms with van der Waals surface area (Å²) in [5.74, 6) is 1.96. The highest BCUT2D eigenvalue weighted by molar-refractivity contribution is 5.52. The van der Waals surface area contributed by atoms with Crippen molar-refractivity contribution in [3.8, 4) is 0 Å². The third-order valence-corrected chi connectivity index (χ3v) is 4.77. The highest BCUT2D eigenvalue weighted by Crippen LogP contribution is 2.26. The molecule has 0 saturated heterocycles. The zero-order valence-corrected chi connectivity index (χ0v) is 15.0. The lowest BCUT2D eigenvalue weighted by atomic mass is 10.1. The summed E-state index contributed by atoms with van der Waals surface area (Å²) in [7, 11) is 0. The molecule has 0 bridgehead atoms. The number of fused-ring (bicyclic) bond motifs is 1. The molecule has 0 aliphatic carbocycles. The lowest BCUT2D eigenvalue weighted by Gasteiger charge is -2.30. The van der Waals surface area contributed by atoms with Gasteiger partial charge in [-0.05, 0) is 30.5 Å². The van der Waals surface area contributed by atoms with Crippen LogP contribution in [0.4, 0.5) is 11.6 Å². The number of aromatic nitrogens is 3. The lowest BCUT2D eigenvalue weighted by Crippen LogP contribution is -2.32. The molecule has 0 fully saturated rings. The first-order valence-corrected chi connectivity index (χ1v) is 9.08. The molecular weight excluding hydrogens is 322 g/mol. The monoisotopic (exact) mass is 345 g/mol. The van der Waals surface area contributed by atoms with Gasteiger partial charge in [-0.3, -0.25) is 0 Å².